The molecule has 1 atom stereocenters. The van der Waals surface area contributed by atoms with Crippen LogP contribution in [-0.4, -0.2) is 28.4 Å². The van der Waals surface area contributed by atoms with Crippen molar-refractivity contribution in [3.63, 3.8) is 0 Å². The van der Waals surface area contributed by atoms with Crippen LogP contribution in [0.15, 0.2) is 42.6 Å². The van der Waals surface area contributed by atoms with Gasteiger partial charge in [-0.1, -0.05) is 23.7 Å². The first kappa shape index (κ1) is 14.8. The molecule has 1 fully saturated rings. The van der Waals surface area contributed by atoms with Gasteiger partial charge in [0.1, 0.15) is 17.7 Å². The van der Waals surface area contributed by atoms with Gasteiger partial charge in [-0.3, -0.25) is 4.79 Å². The highest BCUT2D eigenvalue weighted by atomic mass is 35.5. The van der Waals surface area contributed by atoms with E-state index in [4.69, 9.17) is 11.6 Å². The number of rotatable bonds is 4. The molecule has 1 unspecified atom stereocenters. The minimum atomic E-state index is -0.326. The second-order valence-electron chi connectivity index (χ2n) is 5.21. The van der Waals surface area contributed by atoms with Gasteiger partial charge >= 0.3 is 0 Å². The van der Waals surface area contributed by atoms with E-state index in [1.807, 2.05) is 0 Å². The summed E-state index contributed by atoms with van der Waals surface area (Å²) < 4.78 is 12.9. The highest BCUT2D eigenvalue weighted by Crippen LogP contribution is 2.23. The number of aromatic nitrogens is 1. The van der Waals surface area contributed by atoms with Crippen LogP contribution in [0.25, 0.3) is 0 Å². The van der Waals surface area contributed by atoms with Crippen molar-refractivity contribution in [2.45, 2.75) is 19.0 Å². The summed E-state index contributed by atoms with van der Waals surface area (Å²) in [6.45, 7) is 1.13. The Bertz CT molecular complexity index is 677. The molecule has 1 aromatic carbocycles. The molecule has 0 bridgehead atoms. The number of nitrogens with zero attached hydrogens (tertiary/aromatic N) is 2. The summed E-state index contributed by atoms with van der Waals surface area (Å²) in [7, 11) is 0. The molecular formula is C16H15ClFN3O. The Hall–Kier alpha value is -2.14. The third kappa shape index (κ3) is 3.20. The molecule has 4 nitrogen and oxygen atoms in total. The van der Waals surface area contributed by atoms with E-state index in [-0.39, 0.29) is 17.8 Å². The van der Waals surface area contributed by atoms with E-state index in [0.29, 0.717) is 30.4 Å². The van der Waals surface area contributed by atoms with E-state index in [2.05, 4.69) is 10.3 Å². The Kier molecular flexibility index (Phi) is 4.24. The van der Waals surface area contributed by atoms with Crippen LogP contribution >= 0.6 is 11.6 Å². The summed E-state index contributed by atoms with van der Waals surface area (Å²) in [5.74, 6) is 0.248. The lowest BCUT2D eigenvalue weighted by Crippen LogP contribution is -2.33. The number of hydrogen-bond acceptors (Lipinski definition) is 3. The molecule has 0 saturated carbocycles. The van der Waals surface area contributed by atoms with Gasteiger partial charge in [-0.05, 0) is 36.2 Å². The summed E-state index contributed by atoms with van der Waals surface area (Å²) in [6, 6.07) is 9.33. The Labute approximate surface area is 132 Å². The van der Waals surface area contributed by atoms with Gasteiger partial charge in [-0.25, -0.2) is 9.37 Å². The molecule has 22 heavy (non-hydrogen) atoms. The molecule has 2 aromatic rings. The number of carbonyl (C=O) groups is 1. The quantitative estimate of drug-likeness (QED) is 0.942. The molecule has 0 radical (unpaired) electrons. The maximum atomic E-state index is 12.9. The van der Waals surface area contributed by atoms with Gasteiger partial charge in [-0.15, -0.1) is 0 Å². The minimum Gasteiger partial charge on any atom is -0.357 e. The summed E-state index contributed by atoms with van der Waals surface area (Å²) in [5, 5.41) is 3.58. The van der Waals surface area contributed by atoms with Gasteiger partial charge in [0, 0.05) is 19.3 Å². The fourth-order valence-electron chi connectivity index (χ4n) is 2.50. The van der Waals surface area contributed by atoms with Crippen molar-refractivity contribution in [2.75, 3.05) is 11.9 Å². The van der Waals surface area contributed by atoms with Crippen molar-refractivity contribution in [1.29, 1.82) is 0 Å². The number of nitrogens with one attached hydrogen (secondary N) is 1. The Balaban J connectivity index is 1.65. The summed E-state index contributed by atoms with van der Waals surface area (Å²) >= 11 is 6.05. The van der Waals surface area contributed by atoms with Crippen molar-refractivity contribution in [1.82, 2.24) is 9.88 Å². The SMILES string of the molecule is O=C1C(Nc2ncccc2Cl)CCN1Cc1ccc(F)cc1. The number of hydrogen-bond donors (Lipinski definition) is 1. The van der Waals surface area contributed by atoms with Gasteiger partial charge in [-0.2, -0.15) is 0 Å². The molecular weight excluding hydrogens is 305 g/mol. The van der Waals surface area contributed by atoms with E-state index in [1.54, 1.807) is 35.4 Å². The average Bonchev–Trinajstić information content (AvgIpc) is 2.85. The van der Waals surface area contributed by atoms with Gasteiger partial charge in [0.05, 0.1) is 5.02 Å². The van der Waals surface area contributed by atoms with Crippen molar-refractivity contribution in [3.05, 3.63) is 59.0 Å². The number of anilines is 1. The predicted octanol–water partition coefficient (Wildman–Crippen LogP) is 3.09. The number of carbonyl (C=O) groups excluding carboxylic acids is 1. The number of amides is 1. The number of pyridine rings is 1. The molecule has 1 amide bonds. The van der Waals surface area contributed by atoms with Crippen LogP contribution in [0.4, 0.5) is 10.2 Å². The fourth-order valence-corrected chi connectivity index (χ4v) is 2.67. The molecule has 1 aliphatic heterocycles. The fraction of sp³-hybridized carbons (Fsp3) is 0.250. The van der Waals surface area contributed by atoms with E-state index >= 15 is 0 Å². The van der Waals surface area contributed by atoms with Crippen LogP contribution in [0.5, 0.6) is 0 Å². The largest absolute Gasteiger partial charge is 0.357 e. The van der Waals surface area contributed by atoms with Crippen LogP contribution in [0.1, 0.15) is 12.0 Å². The summed E-state index contributed by atoms with van der Waals surface area (Å²) in [4.78, 5) is 18.3. The Morgan fingerprint density at radius 3 is 2.82 bits per heavy atom. The third-order valence-electron chi connectivity index (χ3n) is 3.65. The van der Waals surface area contributed by atoms with E-state index in [0.717, 1.165) is 5.56 Å². The van der Waals surface area contributed by atoms with Crippen molar-refractivity contribution < 1.29 is 9.18 Å². The first-order valence-electron chi connectivity index (χ1n) is 7.04. The average molecular weight is 320 g/mol. The highest BCUT2D eigenvalue weighted by Gasteiger charge is 2.32. The van der Waals surface area contributed by atoms with Gasteiger partial charge < -0.3 is 10.2 Å². The molecule has 0 aliphatic carbocycles. The molecule has 1 aromatic heterocycles. The molecule has 2 heterocycles. The molecule has 114 valence electrons. The monoisotopic (exact) mass is 319 g/mol. The van der Waals surface area contributed by atoms with Crippen molar-refractivity contribution >= 4 is 23.3 Å². The van der Waals surface area contributed by atoms with Gasteiger partial charge in [0.2, 0.25) is 5.91 Å². The first-order chi connectivity index (χ1) is 10.6. The number of likely N-dealkylation sites (tertiary alicyclic amines) is 1. The van der Waals surface area contributed by atoms with E-state index < -0.39 is 0 Å². The van der Waals surface area contributed by atoms with Gasteiger partial charge in [0.15, 0.2) is 0 Å². The van der Waals surface area contributed by atoms with Crippen LogP contribution in [-0.2, 0) is 11.3 Å². The van der Waals surface area contributed by atoms with Crippen molar-refractivity contribution in [3.8, 4) is 0 Å². The molecule has 1 saturated heterocycles. The van der Waals surface area contributed by atoms with Crippen LogP contribution in [0, 0.1) is 5.82 Å². The van der Waals surface area contributed by atoms with Gasteiger partial charge in [0.25, 0.3) is 0 Å². The lowest BCUT2D eigenvalue weighted by atomic mass is 10.2. The molecule has 0 spiro atoms. The second kappa shape index (κ2) is 6.32. The Morgan fingerprint density at radius 1 is 1.32 bits per heavy atom. The van der Waals surface area contributed by atoms with Crippen LogP contribution in [0.3, 0.4) is 0 Å². The Morgan fingerprint density at radius 2 is 2.09 bits per heavy atom. The topological polar surface area (TPSA) is 45.2 Å². The summed E-state index contributed by atoms with van der Waals surface area (Å²) in [5.41, 5.74) is 0.909. The summed E-state index contributed by atoms with van der Waals surface area (Å²) in [6.07, 6.45) is 2.32. The molecule has 3 rings (SSSR count). The maximum absolute atomic E-state index is 12.9. The zero-order chi connectivity index (χ0) is 15.5. The highest BCUT2D eigenvalue weighted by molar-refractivity contribution is 6.32. The standard InChI is InChI=1S/C16H15ClFN3O/c17-13-2-1-8-19-15(13)20-14-7-9-21(16(14)22)10-11-3-5-12(18)6-4-11/h1-6,8,14H,7,9-10H2,(H,19,20). The minimum absolute atomic E-state index is 0.00560. The molecule has 6 heteroatoms. The molecule has 1 aliphatic rings. The first-order valence-corrected chi connectivity index (χ1v) is 7.41. The zero-order valence-corrected chi connectivity index (χ0v) is 12.6. The van der Waals surface area contributed by atoms with E-state index in [1.165, 1.54) is 12.1 Å². The zero-order valence-electron chi connectivity index (χ0n) is 11.8. The smallest absolute Gasteiger partial charge is 0.245 e. The third-order valence-corrected chi connectivity index (χ3v) is 3.96. The number of halogens is 2. The van der Waals surface area contributed by atoms with E-state index in [9.17, 15) is 9.18 Å². The normalized spacial score (nSPS) is 17.8. The molecule has 1 N–H and O–H groups in total. The van der Waals surface area contributed by atoms with Crippen LogP contribution < -0.4 is 5.32 Å². The number of benzene rings is 1. The lowest BCUT2D eigenvalue weighted by molar-refractivity contribution is -0.128. The van der Waals surface area contributed by atoms with Crippen LogP contribution in [0.2, 0.25) is 5.02 Å². The second-order valence-corrected chi connectivity index (χ2v) is 5.61. The van der Waals surface area contributed by atoms with Crippen molar-refractivity contribution in [2.24, 2.45) is 0 Å². The predicted molar refractivity (Wildman–Crippen MR) is 83.1 cm³/mol. The lowest BCUT2D eigenvalue weighted by Gasteiger charge is -2.17. The maximum Gasteiger partial charge on any atom is 0.245 e.